The Morgan fingerprint density at radius 1 is 1.24 bits per heavy atom. The van der Waals surface area contributed by atoms with Gasteiger partial charge in [0.05, 0.1) is 0 Å². The molecule has 0 N–H and O–H groups in total. The lowest BCUT2D eigenvalue weighted by Gasteiger charge is -2.03. The number of hydrogen-bond acceptors (Lipinski definition) is 3. The van der Waals surface area contributed by atoms with Crippen molar-refractivity contribution in [2.75, 3.05) is 0 Å². The van der Waals surface area contributed by atoms with Crippen LogP contribution >= 0.6 is 15.9 Å². The third-order valence-corrected chi connectivity index (χ3v) is 1.72. The molecule has 0 aliphatic heterocycles. The number of aromatic nitrogens is 1. The van der Waals surface area contributed by atoms with E-state index in [2.05, 4.69) is 20.9 Å². The molecule has 0 aliphatic rings. The number of alkyl halides is 3. The summed E-state index contributed by atoms with van der Waals surface area (Å²) in [6.45, 7) is 3.06. The highest BCUT2D eigenvalue weighted by Gasteiger charge is 2.39. The Labute approximate surface area is 104 Å². The molecule has 0 spiro atoms. The van der Waals surface area contributed by atoms with Crippen molar-refractivity contribution >= 4 is 27.5 Å². The first-order valence-electron chi connectivity index (χ1n) is 4.35. The van der Waals surface area contributed by atoms with Crippen molar-refractivity contribution in [3.8, 4) is 0 Å². The van der Waals surface area contributed by atoms with Crippen molar-refractivity contribution in [3.63, 3.8) is 0 Å². The number of ketones is 2. The maximum atomic E-state index is 11.8. The van der Waals surface area contributed by atoms with E-state index in [9.17, 15) is 22.8 Å². The van der Waals surface area contributed by atoms with Gasteiger partial charge in [0.1, 0.15) is 10.4 Å². The minimum atomic E-state index is -4.84. The van der Waals surface area contributed by atoms with Crippen LogP contribution in [0.5, 0.6) is 0 Å². The summed E-state index contributed by atoms with van der Waals surface area (Å²) < 4.78 is 35.9. The molecule has 0 radical (unpaired) electrons. The summed E-state index contributed by atoms with van der Waals surface area (Å²) in [5.74, 6) is -1.72. The summed E-state index contributed by atoms with van der Waals surface area (Å²) in [5.41, 5.74) is -0.462. The van der Waals surface area contributed by atoms with Crippen molar-refractivity contribution in [3.05, 3.63) is 28.5 Å². The van der Waals surface area contributed by atoms with Gasteiger partial charge in [-0.2, -0.15) is 13.2 Å². The zero-order valence-corrected chi connectivity index (χ0v) is 10.6. The van der Waals surface area contributed by atoms with Gasteiger partial charge >= 0.3 is 6.18 Å². The number of pyridine rings is 1. The van der Waals surface area contributed by atoms with Gasteiger partial charge in [0, 0.05) is 11.8 Å². The predicted molar refractivity (Wildman–Crippen MR) is 58.7 cm³/mol. The second-order valence-corrected chi connectivity index (χ2v) is 3.92. The van der Waals surface area contributed by atoms with Crippen LogP contribution in [0.4, 0.5) is 13.2 Å². The monoisotopic (exact) mass is 311 g/mol. The minimum absolute atomic E-state index is 0.167. The second-order valence-electron chi connectivity index (χ2n) is 3.10. The van der Waals surface area contributed by atoms with E-state index in [1.807, 2.05) is 0 Å². The van der Waals surface area contributed by atoms with Gasteiger partial charge in [-0.05, 0) is 41.9 Å². The highest BCUT2D eigenvalue weighted by Crippen LogP contribution is 2.21. The molecule has 0 saturated carbocycles. The Bertz CT molecular complexity index is 397. The highest BCUT2D eigenvalue weighted by molar-refractivity contribution is 9.10. The summed E-state index contributed by atoms with van der Waals surface area (Å²) in [7, 11) is 0. The molecule has 0 aromatic carbocycles. The lowest BCUT2D eigenvalue weighted by atomic mass is 10.2. The van der Waals surface area contributed by atoms with Gasteiger partial charge in [-0.15, -0.1) is 0 Å². The maximum absolute atomic E-state index is 11.8. The van der Waals surface area contributed by atoms with E-state index >= 15 is 0 Å². The molecule has 1 aromatic heterocycles. The van der Waals surface area contributed by atoms with Crippen LogP contribution in [-0.4, -0.2) is 22.7 Å². The summed E-state index contributed by atoms with van der Waals surface area (Å²) in [5, 5.41) is 0. The zero-order valence-electron chi connectivity index (χ0n) is 9.01. The van der Waals surface area contributed by atoms with Gasteiger partial charge in [-0.3, -0.25) is 4.79 Å². The van der Waals surface area contributed by atoms with Gasteiger partial charge in [0.25, 0.3) is 5.78 Å². The van der Waals surface area contributed by atoms with Gasteiger partial charge in [-0.1, -0.05) is 0 Å². The SMILES string of the molecule is CC(C)=O.O=C(c1ccc(Br)nc1)C(F)(F)F. The molecule has 0 fully saturated rings. The van der Waals surface area contributed by atoms with Crippen LogP contribution in [0.25, 0.3) is 0 Å². The van der Waals surface area contributed by atoms with E-state index in [4.69, 9.17) is 0 Å². The standard InChI is InChI=1S/C7H3BrF3NO.C3H6O/c8-5-2-1-4(3-12-5)6(13)7(9,10)11;1-3(2)4/h1-3H;1-2H3. The van der Waals surface area contributed by atoms with E-state index in [0.29, 0.717) is 4.60 Å². The Morgan fingerprint density at radius 3 is 2.00 bits per heavy atom. The van der Waals surface area contributed by atoms with Crippen molar-refractivity contribution < 1.29 is 22.8 Å². The van der Waals surface area contributed by atoms with E-state index in [1.54, 1.807) is 0 Å². The average Bonchev–Trinajstić information content (AvgIpc) is 2.15. The molecule has 7 heteroatoms. The van der Waals surface area contributed by atoms with E-state index < -0.39 is 17.5 Å². The van der Waals surface area contributed by atoms with E-state index in [-0.39, 0.29) is 5.78 Å². The van der Waals surface area contributed by atoms with Gasteiger partial charge in [0.15, 0.2) is 0 Å². The number of halogens is 4. The molecule has 1 heterocycles. The van der Waals surface area contributed by atoms with Crippen molar-refractivity contribution in [1.82, 2.24) is 4.98 Å². The first-order chi connectivity index (χ1) is 7.64. The molecule has 94 valence electrons. The van der Waals surface area contributed by atoms with Gasteiger partial charge in [0.2, 0.25) is 0 Å². The number of nitrogens with zero attached hydrogens (tertiary/aromatic N) is 1. The number of carbonyl (C=O) groups excluding carboxylic acids is 2. The van der Waals surface area contributed by atoms with Crippen LogP contribution in [0.15, 0.2) is 22.9 Å². The fourth-order valence-corrected chi connectivity index (χ4v) is 0.908. The fraction of sp³-hybridized carbons (Fsp3) is 0.300. The van der Waals surface area contributed by atoms with Crippen LogP contribution in [0, 0.1) is 0 Å². The van der Waals surface area contributed by atoms with Crippen molar-refractivity contribution in [2.45, 2.75) is 20.0 Å². The van der Waals surface area contributed by atoms with Crippen molar-refractivity contribution in [1.29, 1.82) is 0 Å². The fourth-order valence-electron chi connectivity index (χ4n) is 0.674. The zero-order chi connectivity index (χ0) is 13.6. The largest absolute Gasteiger partial charge is 0.454 e. The molecule has 17 heavy (non-hydrogen) atoms. The molecule has 1 aromatic rings. The maximum Gasteiger partial charge on any atom is 0.454 e. The van der Waals surface area contributed by atoms with Gasteiger partial charge in [-0.25, -0.2) is 4.98 Å². The molecule has 3 nitrogen and oxygen atoms in total. The van der Waals surface area contributed by atoms with Crippen LogP contribution in [0.2, 0.25) is 0 Å². The first-order valence-corrected chi connectivity index (χ1v) is 5.14. The molecule has 0 amide bonds. The van der Waals surface area contributed by atoms with Crippen LogP contribution in [0.1, 0.15) is 24.2 Å². The summed E-state index contributed by atoms with van der Waals surface area (Å²) >= 11 is 2.94. The molecule has 0 saturated heterocycles. The van der Waals surface area contributed by atoms with E-state index in [1.165, 1.54) is 19.9 Å². The molecule has 1 rings (SSSR count). The van der Waals surface area contributed by atoms with E-state index in [0.717, 1.165) is 12.3 Å². The molecular weight excluding hydrogens is 303 g/mol. The van der Waals surface area contributed by atoms with Crippen LogP contribution in [0.3, 0.4) is 0 Å². The molecule has 0 atom stereocenters. The average molecular weight is 312 g/mol. The number of rotatable bonds is 1. The van der Waals surface area contributed by atoms with Crippen LogP contribution in [-0.2, 0) is 4.79 Å². The molecule has 0 aliphatic carbocycles. The number of hydrogen-bond donors (Lipinski definition) is 0. The summed E-state index contributed by atoms with van der Waals surface area (Å²) in [6.07, 6.45) is -3.96. The van der Waals surface area contributed by atoms with Crippen molar-refractivity contribution in [2.24, 2.45) is 0 Å². The Morgan fingerprint density at radius 2 is 1.71 bits per heavy atom. The minimum Gasteiger partial charge on any atom is -0.300 e. The lowest BCUT2D eigenvalue weighted by Crippen LogP contribution is -2.22. The Hall–Kier alpha value is -1.24. The second kappa shape index (κ2) is 6.48. The predicted octanol–water partition coefficient (Wildman–Crippen LogP) is 3.18. The molecule has 0 bridgehead atoms. The quantitative estimate of drug-likeness (QED) is 0.591. The van der Waals surface area contributed by atoms with Gasteiger partial charge < -0.3 is 4.79 Å². The smallest absolute Gasteiger partial charge is 0.300 e. The molecular formula is C10H9BrF3NO2. The lowest BCUT2D eigenvalue weighted by molar-refractivity contribution is -0.115. The Kier molecular flexibility index (Phi) is 6.01. The first kappa shape index (κ1) is 15.8. The summed E-state index contributed by atoms with van der Waals surface area (Å²) in [4.78, 5) is 23.6. The number of carbonyl (C=O) groups is 2. The molecule has 0 unspecified atom stereocenters. The highest BCUT2D eigenvalue weighted by atomic mass is 79.9. The Balaban J connectivity index is 0.000000557. The number of Topliss-reactive ketones (excluding diaryl/α,β-unsaturated/α-hetero) is 2. The normalized spacial score (nSPS) is 10.2. The van der Waals surface area contributed by atoms with Crippen LogP contribution < -0.4 is 0 Å². The summed E-state index contributed by atoms with van der Waals surface area (Å²) in [6, 6.07) is 2.34. The third-order valence-electron chi connectivity index (χ3n) is 1.25. The third kappa shape index (κ3) is 6.83. The topological polar surface area (TPSA) is 47.0 Å².